The zero-order valence-electron chi connectivity index (χ0n) is 10.6. The molecule has 2 rings (SSSR count). The van der Waals surface area contributed by atoms with Gasteiger partial charge in [-0.3, -0.25) is 0 Å². The minimum atomic E-state index is -4.36. The molecule has 0 aliphatic carbocycles. The van der Waals surface area contributed by atoms with Crippen LogP contribution in [0.15, 0.2) is 41.8 Å². The quantitative estimate of drug-likeness (QED) is 0.881. The lowest BCUT2D eigenvalue weighted by Crippen LogP contribution is -2.06. The summed E-state index contributed by atoms with van der Waals surface area (Å²) in [5.41, 5.74) is -0.259. The lowest BCUT2D eigenvalue weighted by Gasteiger charge is -2.12. The standard InChI is InChI=1S/C13H13F3N2OS/c1-18-7-6-17-12(18)20-8-11(19)9-2-4-10(5-3-9)13(14,15)16/h2-7,11,19H,8H2,1H3. The van der Waals surface area contributed by atoms with E-state index in [1.54, 1.807) is 12.4 Å². The van der Waals surface area contributed by atoms with E-state index in [2.05, 4.69) is 4.98 Å². The van der Waals surface area contributed by atoms with Crippen LogP contribution in [0.25, 0.3) is 0 Å². The zero-order valence-corrected chi connectivity index (χ0v) is 11.4. The van der Waals surface area contributed by atoms with Crippen molar-refractivity contribution in [2.45, 2.75) is 17.4 Å². The molecule has 1 N–H and O–H groups in total. The lowest BCUT2D eigenvalue weighted by atomic mass is 10.1. The molecule has 0 amide bonds. The maximum absolute atomic E-state index is 12.4. The Balaban J connectivity index is 1.99. The molecule has 108 valence electrons. The van der Waals surface area contributed by atoms with E-state index in [4.69, 9.17) is 0 Å². The molecule has 0 bridgehead atoms. The largest absolute Gasteiger partial charge is 0.416 e. The van der Waals surface area contributed by atoms with E-state index in [0.29, 0.717) is 11.3 Å². The van der Waals surface area contributed by atoms with Crippen LogP contribution in [0.2, 0.25) is 0 Å². The van der Waals surface area contributed by atoms with E-state index in [-0.39, 0.29) is 0 Å². The number of rotatable bonds is 4. The smallest absolute Gasteiger partial charge is 0.388 e. The third-order valence-corrected chi connectivity index (χ3v) is 3.90. The molecule has 0 aliphatic rings. The maximum Gasteiger partial charge on any atom is 0.416 e. The van der Waals surface area contributed by atoms with Crippen molar-refractivity contribution in [3.05, 3.63) is 47.8 Å². The molecule has 0 radical (unpaired) electrons. The van der Waals surface area contributed by atoms with Crippen LogP contribution in [0.4, 0.5) is 13.2 Å². The van der Waals surface area contributed by atoms with Gasteiger partial charge in [0.1, 0.15) is 0 Å². The minimum Gasteiger partial charge on any atom is -0.388 e. The summed E-state index contributed by atoms with van der Waals surface area (Å²) in [7, 11) is 1.83. The van der Waals surface area contributed by atoms with Crippen molar-refractivity contribution >= 4 is 11.8 Å². The van der Waals surface area contributed by atoms with Crippen LogP contribution in [0, 0.1) is 0 Å². The average molecular weight is 302 g/mol. The fourth-order valence-corrected chi connectivity index (χ4v) is 2.53. The summed E-state index contributed by atoms with van der Waals surface area (Å²) in [5.74, 6) is 0.330. The van der Waals surface area contributed by atoms with Crippen LogP contribution in [-0.2, 0) is 13.2 Å². The fraction of sp³-hybridized carbons (Fsp3) is 0.308. The van der Waals surface area contributed by atoms with Gasteiger partial charge in [0.25, 0.3) is 0 Å². The molecule has 2 aromatic rings. The van der Waals surface area contributed by atoms with Crippen LogP contribution in [0.1, 0.15) is 17.2 Å². The summed E-state index contributed by atoms with van der Waals surface area (Å²) in [6.07, 6.45) is -1.76. The molecule has 1 aromatic carbocycles. The maximum atomic E-state index is 12.4. The first-order valence-corrected chi connectivity index (χ1v) is 6.82. The summed E-state index contributed by atoms with van der Waals surface area (Å²) in [6, 6.07) is 4.55. The Hall–Kier alpha value is -1.47. The van der Waals surface area contributed by atoms with Gasteiger partial charge in [-0.25, -0.2) is 4.98 Å². The molecule has 1 aromatic heterocycles. The van der Waals surface area contributed by atoms with E-state index >= 15 is 0 Å². The van der Waals surface area contributed by atoms with Gasteiger partial charge in [0.05, 0.1) is 11.7 Å². The van der Waals surface area contributed by atoms with Crippen molar-refractivity contribution in [3.63, 3.8) is 0 Å². The van der Waals surface area contributed by atoms with E-state index < -0.39 is 17.8 Å². The second-order valence-electron chi connectivity index (χ2n) is 4.27. The summed E-state index contributed by atoms with van der Waals surface area (Å²) in [5, 5.41) is 10.7. The Kier molecular flexibility index (Phi) is 4.39. The number of alkyl halides is 3. The molecule has 0 aliphatic heterocycles. The van der Waals surface area contributed by atoms with Gasteiger partial charge in [0, 0.05) is 25.2 Å². The first kappa shape index (κ1) is 14.9. The number of nitrogens with zero attached hydrogens (tertiary/aromatic N) is 2. The molecule has 1 atom stereocenters. The lowest BCUT2D eigenvalue weighted by molar-refractivity contribution is -0.137. The number of hydrogen-bond acceptors (Lipinski definition) is 3. The van der Waals surface area contributed by atoms with E-state index in [0.717, 1.165) is 17.3 Å². The van der Waals surface area contributed by atoms with Gasteiger partial charge >= 0.3 is 6.18 Å². The van der Waals surface area contributed by atoms with E-state index in [1.165, 1.54) is 23.9 Å². The van der Waals surface area contributed by atoms with Crippen LogP contribution in [0.5, 0.6) is 0 Å². The molecule has 0 fully saturated rings. The molecule has 0 spiro atoms. The van der Waals surface area contributed by atoms with Crippen LogP contribution in [0.3, 0.4) is 0 Å². The fourth-order valence-electron chi connectivity index (χ4n) is 1.63. The Labute approximate surface area is 118 Å². The van der Waals surface area contributed by atoms with Crippen molar-refractivity contribution in [2.75, 3.05) is 5.75 Å². The first-order chi connectivity index (χ1) is 9.38. The van der Waals surface area contributed by atoms with E-state index in [9.17, 15) is 18.3 Å². The number of aromatic nitrogens is 2. The summed E-state index contributed by atoms with van der Waals surface area (Å²) in [4.78, 5) is 4.09. The van der Waals surface area contributed by atoms with Gasteiger partial charge in [0.2, 0.25) is 0 Å². The number of benzene rings is 1. The number of aryl methyl sites for hydroxylation is 1. The van der Waals surface area contributed by atoms with Gasteiger partial charge < -0.3 is 9.67 Å². The highest BCUT2D eigenvalue weighted by Crippen LogP contribution is 2.30. The second kappa shape index (κ2) is 5.88. The second-order valence-corrected chi connectivity index (χ2v) is 5.25. The van der Waals surface area contributed by atoms with E-state index in [1.807, 2.05) is 11.6 Å². The van der Waals surface area contributed by atoms with Gasteiger partial charge in [-0.05, 0) is 17.7 Å². The van der Waals surface area contributed by atoms with Gasteiger partial charge in [-0.2, -0.15) is 13.2 Å². The molecule has 0 saturated heterocycles. The van der Waals surface area contributed by atoms with Gasteiger partial charge in [-0.1, -0.05) is 23.9 Å². The number of hydrogen-bond donors (Lipinski definition) is 1. The molecular formula is C13H13F3N2OS. The molecule has 3 nitrogen and oxygen atoms in total. The molecule has 7 heteroatoms. The normalized spacial score (nSPS) is 13.4. The van der Waals surface area contributed by atoms with Gasteiger partial charge in [-0.15, -0.1) is 0 Å². The van der Waals surface area contributed by atoms with Crippen molar-refractivity contribution in [2.24, 2.45) is 7.05 Å². The monoisotopic (exact) mass is 302 g/mol. The van der Waals surface area contributed by atoms with Crippen molar-refractivity contribution in [3.8, 4) is 0 Å². The highest BCUT2D eigenvalue weighted by molar-refractivity contribution is 7.99. The predicted molar refractivity (Wildman–Crippen MR) is 70.3 cm³/mol. The Morgan fingerprint density at radius 1 is 1.30 bits per heavy atom. The third-order valence-electron chi connectivity index (χ3n) is 2.77. The summed E-state index contributed by atoms with van der Waals surface area (Å²) < 4.78 is 39.1. The zero-order chi connectivity index (χ0) is 14.8. The Morgan fingerprint density at radius 3 is 2.45 bits per heavy atom. The molecule has 1 heterocycles. The molecule has 1 unspecified atom stereocenters. The van der Waals surface area contributed by atoms with Crippen LogP contribution in [-0.4, -0.2) is 20.4 Å². The Morgan fingerprint density at radius 2 is 1.95 bits per heavy atom. The third kappa shape index (κ3) is 3.55. The first-order valence-electron chi connectivity index (χ1n) is 5.83. The van der Waals surface area contributed by atoms with Crippen molar-refractivity contribution < 1.29 is 18.3 Å². The number of imidazole rings is 1. The predicted octanol–water partition coefficient (Wildman–Crippen LogP) is 3.26. The molecular weight excluding hydrogens is 289 g/mol. The van der Waals surface area contributed by atoms with Crippen molar-refractivity contribution in [1.29, 1.82) is 0 Å². The number of thioether (sulfide) groups is 1. The van der Waals surface area contributed by atoms with Crippen LogP contribution < -0.4 is 0 Å². The molecule has 20 heavy (non-hydrogen) atoms. The van der Waals surface area contributed by atoms with Crippen LogP contribution >= 0.6 is 11.8 Å². The van der Waals surface area contributed by atoms with Crippen molar-refractivity contribution in [1.82, 2.24) is 9.55 Å². The SMILES string of the molecule is Cn1ccnc1SCC(O)c1ccc(C(F)(F)F)cc1. The number of halogens is 3. The summed E-state index contributed by atoms with van der Waals surface area (Å²) >= 11 is 1.35. The highest BCUT2D eigenvalue weighted by atomic mass is 32.2. The topological polar surface area (TPSA) is 38.0 Å². The molecule has 0 saturated carbocycles. The number of aliphatic hydroxyl groups is 1. The highest BCUT2D eigenvalue weighted by Gasteiger charge is 2.30. The average Bonchev–Trinajstić information content (AvgIpc) is 2.81. The minimum absolute atomic E-state index is 0.330. The van der Waals surface area contributed by atoms with Gasteiger partial charge in [0.15, 0.2) is 5.16 Å². The number of aliphatic hydroxyl groups excluding tert-OH is 1. The summed E-state index contributed by atoms with van der Waals surface area (Å²) in [6.45, 7) is 0. The Bertz CT molecular complexity index is 566.